The van der Waals surface area contributed by atoms with Gasteiger partial charge in [0.15, 0.2) is 0 Å². The maximum atomic E-state index is 13.1. The second-order valence-corrected chi connectivity index (χ2v) is 32.2. The summed E-state index contributed by atoms with van der Waals surface area (Å²) >= 11 is 6.08. The molecule has 0 spiro atoms. The molecule has 4 aromatic carbocycles. The SMILES string of the molecule is CCCCCP(=O)(CCCC)Oc1ccccc1Cl.CCCCCP(=O)(CCCCC)Oc1ccc([N+](=O)[O-])cc1.CCCCCP(=O)(CCCCC)Oc1ccccc1.CCCCCP(=O)(CCCCC)Oc1ccccc1C. The Hall–Kier alpha value is -3.31. The highest BCUT2D eigenvalue weighted by atomic mass is 35.5. The molecule has 0 N–H and O–H groups in total. The maximum absolute atomic E-state index is 13.1. The zero-order valence-corrected chi connectivity index (χ0v) is 55.3. The van der Waals surface area contributed by atoms with Gasteiger partial charge in [-0.2, -0.15) is 0 Å². The summed E-state index contributed by atoms with van der Waals surface area (Å²) in [4.78, 5) is 10.2. The van der Waals surface area contributed by atoms with Gasteiger partial charge in [0.2, 0.25) is 29.5 Å². The predicted octanol–water partition coefficient (Wildman–Crippen LogP) is 23.4. The summed E-state index contributed by atoms with van der Waals surface area (Å²) in [5.41, 5.74) is 1.08. The van der Waals surface area contributed by atoms with Crippen molar-refractivity contribution in [1.82, 2.24) is 0 Å². The van der Waals surface area contributed by atoms with Crippen LogP contribution in [0.25, 0.3) is 0 Å². The van der Waals surface area contributed by atoms with Crippen LogP contribution in [0.5, 0.6) is 23.0 Å². The Morgan fingerprint density at radius 2 is 0.650 bits per heavy atom. The van der Waals surface area contributed by atoms with Gasteiger partial charge in [0.05, 0.1) is 9.95 Å². The number of para-hydroxylation sites is 3. The number of unbranched alkanes of at least 4 members (excludes halogenated alkanes) is 15. The topological polar surface area (TPSA) is 148 Å². The minimum absolute atomic E-state index is 0.0131. The van der Waals surface area contributed by atoms with Gasteiger partial charge in [-0.3, -0.25) is 28.4 Å². The van der Waals surface area contributed by atoms with E-state index in [1.807, 2.05) is 73.7 Å². The van der Waals surface area contributed by atoms with E-state index in [2.05, 4.69) is 55.4 Å². The molecule has 0 aliphatic heterocycles. The number of aryl methyl sites for hydroxylation is 1. The van der Waals surface area contributed by atoms with Gasteiger partial charge >= 0.3 is 0 Å². The fourth-order valence-electron chi connectivity index (χ4n) is 8.46. The third-order valence-electron chi connectivity index (χ3n) is 13.4. The van der Waals surface area contributed by atoms with Crippen molar-refractivity contribution in [2.45, 2.75) is 210 Å². The van der Waals surface area contributed by atoms with Crippen LogP contribution in [-0.4, -0.2) is 54.2 Å². The van der Waals surface area contributed by atoms with Crippen LogP contribution < -0.4 is 18.1 Å². The van der Waals surface area contributed by atoms with E-state index in [0.29, 0.717) is 41.2 Å². The minimum Gasteiger partial charge on any atom is -0.443 e. The lowest BCUT2D eigenvalue weighted by atomic mass is 10.2. The van der Waals surface area contributed by atoms with Crippen molar-refractivity contribution < 1.29 is 41.3 Å². The number of nitro groups is 1. The van der Waals surface area contributed by atoms with E-state index in [4.69, 9.17) is 29.7 Å². The Morgan fingerprint density at radius 3 is 0.988 bits per heavy atom. The molecule has 0 fully saturated rings. The van der Waals surface area contributed by atoms with Crippen molar-refractivity contribution in [3.05, 3.63) is 124 Å². The molecule has 4 aromatic rings. The minimum atomic E-state index is -2.71. The number of benzene rings is 4. The number of hydrogen-bond acceptors (Lipinski definition) is 10. The zero-order chi connectivity index (χ0) is 59.4. The zero-order valence-electron chi connectivity index (χ0n) is 50.9. The molecule has 11 nitrogen and oxygen atoms in total. The second kappa shape index (κ2) is 45.2. The molecule has 0 amide bonds. The van der Waals surface area contributed by atoms with E-state index in [1.54, 1.807) is 12.1 Å². The number of halogens is 1. The van der Waals surface area contributed by atoms with E-state index < -0.39 is 34.4 Å². The maximum Gasteiger partial charge on any atom is 0.269 e. The van der Waals surface area contributed by atoms with Gasteiger partial charge < -0.3 is 18.1 Å². The number of rotatable bonds is 40. The highest BCUT2D eigenvalue weighted by molar-refractivity contribution is 7.60. The lowest BCUT2D eigenvalue weighted by molar-refractivity contribution is -0.384. The van der Waals surface area contributed by atoms with Gasteiger partial charge in [0, 0.05) is 61.4 Å². The summed E-state index contributed by atoms with van der Waals surface area (Å²) in [5, 5.41) is 11.2. The van der Waals surface area contributed by atoms with E-state index in [0.717, 1.165) is 189 Å². The Bertz CT molecular complexity index is 2350. The Balaban J connectivity index is 0.000000534. The molecule has 1 unspecified atom stereocenters. The quantitative estimate of drug-likeness (QED) is 0.0182. The van der Waals surface area contributed by atoms with Gasteiger partial charge in [-0.15, -0.1) is 0 Å². The van der Waals surface area contributed by atoms with Gasteiger partial charge in [-0.1, -0.05) is 212 Å². The van der Waals surface area contributed by atoms with E-state index in [-0.39, 0.29) is 5.69 Å². The van der Waals surface area contributed by atoms with Crippen LogP contribution in [0.2, 0.25) is 5.02 Å². The monoisotopic (exact) mass is 1210 g/mol. The van der Waals surface area contributed by atoms with E-state index in [9.17, 15) is 28.4 Å². The van der Waals surface area contributed by atoms with Crippen molar-refractivity contribution in [2.75, 3.05) is 49.3 Å². The molecule has 16 heteroatoms. The van der Waals surface area contributed by atoms with Crippen LogP contribution in [-0.2, 0) is 18.3 Å². The average Bonchev–Trinajstić information content (AvgIpc) is 3.43. The third kappa shape index (κ3) is 35.0. The van der Waals surface area contributed by atoms with Gasteiger partial charge in [-0.05, 0) is 106 Å². The number of hydrogen-bond donors (Lipinski definition) is 0. The van der Waals surface area contributed by atoms with Crippen LogP contribution in [0.15, 0.2) is 103 Å². The van der Waals surface area contributed by atoms with Crippen LogP contribution in [0.1, 0.15) is 209 Å². The van der Waals surface area contributed by atoms with Crippen LogP contribution in [0.3, 0.4) is 0 Å². The van der Waals surface area contributed by atoms with Crippen molar-refractivity contribution in [1.29, 1.82) is 0 Å². The lowest BCUT2D eigenvalue weighted by Crippen LogP contribution is -2.04. The number of nitro benzene ring substituents is 1. The molecular formula is C64H106ClNO10P4. The molecule has 80 heavy (non-hydrogen) atoms. The lowest BCUT2D eigenvalue weighted by Gasteiger charge is -2.21. The Labute approximate surface area is 491 Å². The summed E-state index contributed by atoms with van der Waals surface area (Å²) in [7, 11) is -10.3. The fraction of sp³-hybridized carbons (Fsp3) is 0.625. The Morgan fingerprint density at radius 1 is 0.362 bits per heavy atom. The molecule has 0 aliphatic carbocycles. The molecule has 0 saturated carbocycles. The first-order valence-corrected chi connectivity index (χ1v) is 39.0. The van der Waals surface area contributed by atoms with Crippen LogP contribution >= 0.6 is 41.1 Å². The highest BCUT2D eigenvalue weighted by Crippen LogP contribution is 2.52. The third-order valence-corrected chi connectivity index (χ3v) is 23.8. The molecule has 1 atom stereocenters. The first-order chi connectivity index (χ1) is 38.4. The first-order valence-electron chi connectivity index (χ1n) is 30.6. The van der Waals surface area contributed by atoms with Gasteiger partial charge in [0.1, 0.15) is 23.0 Å². The average molecular weight is 1210 g/mol. The van der Waals surface area contributed by atoms with Crippen molar-refractivity contribution in [3.63, 3.8) is 0 Å². The van der Waals surface area contributed by atoms with Crippen molar-refractivity contribution >= 4 is 46.8 Å². The molecule has 0 saturated heterocycles. The molecular weight excluding hydrogens is 1100 g/mol. The highest BCUT2D eigenvalue weighted by Gasteiger charge is 2.27. The molecule has 0 heterocycles. The van der Waals surface area contributed by atoms with Gasteiger partial charge in [-0.25, -0.2) is 0 Å². The first kappa shape index (κ1) is 74.7. The number of nitrogens with zero attached hydrogens (tertiary/aromatic N) is 1. The summed E-state index contributed by atoms with van der Waals surface area (Å²) < 4.78 is 75.3. The smallest absolute Gasteiger partial charge is 0.269 e. The van der Waals surface area contributed by atoms with Gasteiger partial charge in [0.25, 0.3) is 5.69 Å². The van der Waals surface area contributed by atoms with E-state index in [1.165, 1.54) is 24.3 Å². The van der Waals surface area contributed by atoms with Crippen LogP contribution in [0.4, 0.5) is 5.69 Å². The normalized spacial score (nSPS) is 12.1. The summed E-state index contributed by atoms with van der Waals surface area (Å²) in [6.45, 7) is 19.2. The molecule has 454 valence electrons. The van der Waals surface area contributed by atoms with Crippen LogP contribution in [0, 0.1) is 17.0 Å². The largest absolute Gasteiger partial charge is 0.443 e. The second-order valence-electron chi connectivity index (χ2n) is 21.0. The van der Waals surface area contributed by atoms with E-state index >= 15 is 0 Å². The molecule has 0 bridgehead atoms. The fourth-order valence-corrected chi connectivity index (χ4v) is 18.1. The van der Waals surface area contributed by atoms with Crippen molar-refractivity contribution in [2.24, 2.45) is 0 Å². The van der Waals surface area contributed by atoms with Crippen molar-refractivity contribution in [3.8, 4) is 23.0 Å². The standard InChI is InChI=1S/C17H29O2P.C16H26NO4P.C16H27O2P.C15H24ClO2P/c1-4-6-10-14-20(18,15-11-7-5-2)19-17-13-9-8-12-16(17)3;1-3-5-7-13-22(20,14-8-6-4-2)21-16-11-9-15(10-12-16)17(18)19;1-3-5-10-14-19(17,15-11-6-4-2)18-16-12-8-7-9-13-16;1-3-5-9-13-19(17,12-6-4-2)18-15-11-8-7-10-14(15)16/h8-9,12-13H,4-7,10-11,14-15H2,1-3H3;9-12H,3-8,13-14H2,1-2H3;7-9,12-13H,3-6,10-11,14-15H2,1-2H3;7-8,10-11H,3-6,9,12-13H2,1-2H3. The summed E-state index contributed by atoms with van der Waals surface area (Å²) in [6.07, 6.45) is 29.7. The summed E-state index contributed by atoms with van der Waals surface area (Å²) in [6, 6.07) is 30.6. The summed E-state index contributed by atoms with van der Waals surface area (Å²) in [5.74, 6) is 2.56. The Kier molecular flexibility index (Phi) is 42.2. The molecule has 0 radical (unpaired) electrons. The molecule has 0 aliphatic rings. The molecule has 0 aromatic heterocycles. The molecule has 4 rings (SSSR count). The number of non-ortho nitro benzene ring substituents is 1. The predicted molar refractivity (Wildman–Crippen MR) is 346 cm³/mol.